The van der Waals surface area contributed by atoms with E-state index < -0.39 is 21.8 Å². The summed E-state index contributed by atoms with van der Waals surface area (Å²) >= 11 is 0. The van der Waals surface area contributed by atoms with Crippen molar-refractivity contribution in [3.8, 4) is 0 Å². The van der Waals surface area contributed by atoms with E-state index in [1.165, 1.54) is 40.7 Å². The Balaban J connectivity index is 1.69. The van der Waals surface area contributed by atoms with Gasteiger partial charge in [0, 0.05) is 13.1 Å². The number of morpholine rings is 1. The van der Waals surface area contributed by atoms with Gasteiger partial charge in [-0.15, -0.1) is 0 Å². The van der Waals surface area contributed by atoms with E-state index in [1.54, 1.807) is 12.1 Å². The molecule has 0 aliphatic carbocycles. The highest BCUT2D eigenvalue weighted by molar-refractivity contribution is 7.89. The van der Waals surface area contributed by atoms with E-state index >= 15 is 0 Å². The van der Waals surface area contributed by atoms with Crippen molar-refractivity contribution in [3.05, 3.63) is 65.5 Å². The first-order chi connectivity index (χ1) is 12.5. The lowest BCUT2D eigenvalue weighted by molar-refractivity contribution is 0.0472. The summed E-state index contributed by atoms with van der Waals surface area (Å²) in [4.78, 5) is 12.1. The molecule has 138 valence electrons. The number of carbonyl (C=O) groups is 1. The Kier molecular flexibility index (Phi) is 5.65. The minimum atomic E-state index is -3.61. The van der Waals surface area contributed by atoms with Crippen LogP contribution in [0.1, 0.15) is 15.9 Å². The van der Waals surface area contributed by atoms with Crippen LogP contribution in [-0.2, 0) is 26.1 Å². The van der Waals surface area contributed by atoms with Gasteiger partial charge in [0.2, 0.25) is 10.0 Å². The second-order valence-corrected chi connectivity index (χ2v) is 7.68. The average Bonchev–Trinajstić information content (AvgIpc) is 2.67. The zero-order chi connectivity index (χ0) is 18.6. The zero-order valence-corrected chi connectivity index (χ0v) is 14.7. The van der Waals surface area contributed by atoms with Crippen molar-refractivity contribution in [2.45, 2.75) is 11.5 Å². The predicted octanol–water partition coefficient (Wildman–Crippen LogP) is 2.20. The summed E-state index contributed by atoms with van der Waals surface area (Å²) in [6.07, 6.45) is 0. The largest absolute Gasteiger partial charge is 0.457 e. The molecule has 1 heterocycles. The first-order valence-corrected chi connectivity index (χ1v) is 9.50. The number of hydrogen-bond donors (Lipinski definition) is 0. The zero-order valence-electron chi connectivity index (χ0n) is 13.9. The van der Waals surface area contributed by atoms with Crippen molar-refractivity contribution in [2.75, 3.05) is 26.3 Å². The Morgan fingerprint density at radius 2 is 1.81 bits per heavy atom. The second kappa shape index (κ2) is 7.94. The number of carbonyl (C=O) groups excluding carboxylic acids is 1. The van der Waals surface area contributed by atoms with E-state index in [9.17, 15) is 17.6 Å². The molecule has 1 aliphatic rings. The minimum Gasteiger partial charge on any atom is -0.457 e. The van der Waals surface area contributed by atoms with Gasteiger partial charge in [-0.3, -0.25) is 0 Å². The molecule has 2 aromatic carbocycles. The number of halogens is 1. The highest BCUT2D eigenvalue weighted by atomic mass is 32.2. The molecular formula is C18H18FNO5S. The Bertz CT molecular complexity index is 877. The molecule has 0 aromatic heterocycles. The SMILES string of the molecule is O=C(OCc1cccc(S(=O)(=O)N2CCOCC2)c1)c1ccc(F)cc1. The molecule has 0 N–H and O–H groups in total. The van der Waals surface area contributed by atoms with Crippen molar-refractivity contribution in [2.24, 2.45) is 0 Å². The van der Waals surface area contributed by atoms with Crippen molar-refractivity contribution in [3.63, 3.8) is 0 Å². The molecule has 0 amide bonds. The van der Waals surface area contributed by atoms with E-state index in [2.05, 4.69) is 0 Å². The van der Waals surface area contributed by atoms with Gasteiger partial charge in [0.1, 0.15) is 12.4 Å². The van der Waals surface area contributed by atoms with Crippen LogP contribution in [0.5, 0.6) is 0 Å². The topological polar surface area (TPSA) is 72.9 Å². The van der Waals surface area contributed by atoms with Crippen LogP contribution in [0.15, 0.2) is 53.4 Å². The van der Waals surface area contributed by atoms with Gasteiger partial charge in [-0.05, 0) is 42.0 Å². The third-order valence-electron chi connectivity index (χ3n) is 3.96. The lowest BCUT2D eigenvalue weighted by Gasteiger charge is -2.26. The third kappa shape index (κ3) is 4.27. The number of sulfonamides is 1. The maximum absolute atomic E-state index is 12.9. The summed E-state index contributed by atoms with van der Waals surface area (Å²) in [5.41, 5.74) is 0.776. The monoisotopic (exact) mass is 379 g/mol. The highest BCUT2D eigenvalue weighted by Gasteiger charge is 2.26. The van der Waals surface area contributed by atoms with E-state index in [1.807, 2.05) is 0 Å². The lowest BCUT2D eigenvalue weighted by atomic mass is 10.2. The predicted molar refractivity (Wildman–Crippen MR) is 91.5 cm³/mol. The standard InChI is InChI=1S/C18H18FNO5S/c19-16-6-4-15(5-7-16)18(21)25-13-14-2-1-3-17(12-14)26(22,23)20-8-10-24-11-9-20/h1-7,12H,8-11,13H2. The first kappa shape index (κ1) is 18.5. The molecule has 8 heteroatoms. The average molecular weight is 379 g/mol. The van der Waals surface area contributed by atoms with Crippen molar-refractivity contribution in [1.29, 1.82) is 0 Å². The molecule has 6 nitrogen and oxygen atoms in total. The molecule has 0 spiro atoms. The minimum absolute atomic E-state index is 0.0807. The molecule has 0 unspecified atom stereocenters. The second-order valence-electron chi connectivity index (χ2n) is 5.75. The van der Waals surface area contributed by atoms with E-state index in [0.29, 0.717) is 31.9 Å². The van der Waals surface area contributed by atoms with Crippen LogP contribution in [0.2, 0.25) is 0 Å². The normalized spacial score (nSPS) is 15.6. The fourth-order valence-corrected chi connectivity index (χ4v) is 4.03. The number of benzene rings is 2. The summed E-state index contributed by atoms with van der Waals surface area (Å²) in [6, 6.07) is 11.3. The maximum atomic E-state index is 12.9. The van der Waals surface area contributed by atoms with Crippen molar-refractivity contribution >= 4 is 16.0 Å². The van der Waals surface area contributed by atoms with Gasteiger partial charge in [0.05, 0.1) is 23.7 Å². The fraction of sp³-hybridized carbons (Fsp3) is 0.278. The molecular weight excluding hydrogens is 361 g/mol. The lowest BCUT2D eigenvalue weighted by Crippen LogP contribution is -2.40. The number of rotatable bonds is 5. The quantitative estimate of drug-likeness (QED) is 0.745. The number of ether oxygens (including phenoxy) is 2. The van der Waals surface area contributed by atoms with Crippen molar-refractivity contribution in [1.82, 2.24) is 4.31 Å². The van der Waals surface area contributed by atoms with Crippen LogP contribution < -0.4 is 0 Å². The number of hydrogen-bond acceptors (Lipinski definition) is 5. The van der Waals surface area contributed by atoms with E-state index in [-0.39, 0.29) is 17.1 Å². The van der Waals surface area contributed by atoms with Gasteiger partial charge < -0.3 is 9.47 Å². The van der Waals surface area contributed by atoms with Crippen LogP contribution in [0.25, 0.3) is 0 Å². The first-order valence-electron chi connectivity index (χ1n) is 8.06. The molecule has 26 heavy (non-hydrogen) atoms. The molecule has 3 rings (SSSR count). The van der Waals surface area contributed by atoms with Crippen molar-refractivity contribution < 1.29 is 27.1 Å². The van der Waals surface area contributed by atoms with E-state index in [4.69, 9.17) is 9.47 Å². The molecule has 0 radical (unpaired) electrons. The van der Waals surface area contributed by atoms with Gasteiger partial charge >= 0.3 is 5.97 Å². The molecule has 1 fully saturated rings. The van der Waals surface area contributed by atoms with Crippen LogP contribution in [0.4, 0.5) is 4.39 Å². The summed E-state index contributed by atoms with van der Waals surface area (Å²) in [6.45, 7) is 1.28. The Hall–Kier alpha value is -2.29. The smallest absolute Gasteiger partial charge is 0.338 e. The summed E-state index contributed by atoms with van der Waals surface area (Å²) < 4.78 is 49.9. The van der Waals surface area contributed by atoms with Gasteiger partial charge in [-0.25, -0.2) is 17.6 Å². The Morgan fingerprint density at radius 1 is 1.12 bits per heavy atom. The Morgan fingerprint density at radius 3 is 2.50 bits per heavy atom. The number of esters is 1. The highest BCUT2D eigenvalue weighted by Crippen LogP contribution is 2.19. The molecule has 0 atom stereocenters. The van der Waals surface area contributed by atoms with Gasteiger partial charge in [-0.1, -0.05) is 12.1 Å². The van der Waals surface area contributed by atoms with Crippen LogP contribution in [-0.4, -0.2) is 45.0 Å². The Labute approximate surface area is 151 Å². The molecule has 1 saturated heterocycles. The third-order valence-corrected chi connectivity index (χ3v) is 5.85. The molecule has 1 aliphatic heterocycles. The fourth-order valence-electron chi connectivity index (χ4n) is 2.55. The molecule has 0 saturated carbocycles. The molecule has 0 bridgehead atoms. The van der Waals surface area contributed by atoms with Crippen LogP contribution >= 0.6 is 0 Å². The molecule has 2 aromatic rings. The summed E-state index contributed by atoms with van der Waals surface area (Å²) in [7, 11) is -3.61. The number of nitrogens with zero attached hydrogens (tertiary/aromatic N) is 1. The van der Waals surface area contributed by atoms with Crippen LogP contribution in [0.3, 0.4) is 0 Å². The van der Waals surface area contributed by atoms with Crippen LogP contribution in [0, 0.1) is 5.82 Å². The van der Waals surface area contributed by atoms with Gasteiger partial charge in [0.15, 0.2) is 0 Å². The van der Waals surface area contributed by atoms with Gasteiger partial charge in [0.25, 0.3) is 0 Å². The summed E-state index contributed by atoms with van der Waals surface area (Å²) in [5, 5.41) is 0. The summed E-state index contributed by atoms with van der Waals surface area (Å²) in [5.74, 6) is -1.05. The van der Waals surface area contributed by atoms with Gasteiger partial charge in [-0.2, -0.15) is 4.31 Å². The van der Waals surface area contributed by atoms with E-state index in [0.717, 1.165) is 0 Å². The maximum Gasteiger partial charge on any atom is 0.338 e.